The monoisotopic (exact) mass is 444 g/mol. The molecule has 2 aromatic heterocycles. The molecule has 5 nitrogen and oxygen atoms in total. The van der Waals surface area contributed by atoms with Gasteiger partial charge in [-0.3, -0.25) is 9.20 Å². The molecule has 3 heterocycles. The van der Waals surface area contributed by atoms with Crippen molar-refractivity contribution in [2.24, 2.45) is 0 Å². The van der Waals surface area contributed by atoms with Crippen molar-refractivity contribution in [2.75, 3.05) is 31.1 Å². The number of rotatable bonds is 3. The number of carbonyl (C=O) groups is 1. The molecule has 160 valence electrons. The first-order valence-corrected chi connectivity index (χ1v) is 10.8. The molecule has 0 N–H and O–H groups in total. The van der Waals surface area contributed by atoms with Gasteiger partial charge in [-0.05, 0) is 30.3 Å². The highest BCUT2D eigenvalue weighted by atomic mass is 32.1. The lowest BCUT2D eigenvalue weighted by Gasteiger charge is -2.36. The second kappa shape index (κ2) is 7.56. The minimum Gasteiger partial charge on any atom is -0.368 e. The van der Waals surface area contributed by atoms with Crippen molar-refractivity contribution >= 4 is 38.9 Å². The van der Waals surface area contributed by atoms with Gasteiger partial charge in [0.2, 0.25) is 5.91 Å². The van der Waals surface area contributed by atoms with Gasteiger partial charge in [0.1, 0.15) is 0 Å². The molecule has 0 bridgehead atoms. The van der Waals surface area contributed by atoms with Gasteiger partial charge in [-0.25, -0.2) is 4.98 Å². The van der Waals surface area contributed by atoms with Gasteiger partial charge in [0.05, 0.1) is 23.0 Å². The van der Waals surface area contributed by atoms with Gasteiger partial charge in [0.15, 0.2) is 4.96 Å². The number of carbonyl (C=O) groups excluding carboxylic acids is 1. The van der Waals surface area contributed by atoms with Crippen LogP contribution in [-0.2, 0) is 17.4 Å². The summed E-state index contributed by atoms with van der Waals surface area (Å²) in [6, 6.07) is 13.2. The number of piperazine rings is 1. The predicted molar refractivity (Wildman–Crippen MR) is 115 cm³/mol. The number of hydrogen-bond donors (Lipinski definition) is 0. The Kier molecular flexibility index (Phi) is 4.85. The third kappa shape index (κ3) is 3.74. The predicted octanol–water partition coefficient (Wildman–Crippen LogP) is 4.46. The quantitative estimate of drug-likeness (QED) is 0.469. The summed E-state index contributed by atoms with van der Waals surface area (Å²) in [5.74, 6) is 0.0150. The van der Waals surface area contributed by atoms with E-state index in [0.717, 1.165) is 27.8 Å². The van der Waals surface area contributed by atoms with Gasteiger partial charge >= 0.3 is 6.18 Å². The van der Waals surface area contributed by atoms with E-state index in [-0.39, 0.29) is 12.3 Å². The first kappa shape index (κ1) is 19.9. The Bertz CT molecular complexity index is 1250. The molecular weight excluding hydrogens is 425 g/mol. The maximum atomic E-state index is 13.0. The number of nitrogens with zero attached hydrogens (tertiary/aromatic N) is 4. The summed E-state index contributed by atoms with van der Waals surface area (Å²) in [6.07, 6.45) is -4.10. The summed E-state index contributed by atoms with van der Waals surface area (Å²) in [5, 5.41) is 1.96. The van der Waals surface area contributed by atoms with E-state index in [2.05, 4.69) is 4.98 Å². The molecule has 1 aliphatic rings. The van der Waals surface area contributed by atoms with Gasteiger partial charge in [0.25, 0.3) is 0 Å². The fourth-order valence-electron chi connectivity index (χ4n) is 4.01. The van der Waals surface area contributed by atoms with Crippen LogP contribution in [0.1, 0.15) is 11.3 Å². The summed E-state index contributed by atoms with van der Waals surface area (Å²) in [7, 11) is 0. The highest BCUT2D eigenvalue weighted by Crippen LogP contribution is 2.32. The van der Waals surface area contributed by atoms with Crippen molar-refractivity contribution in [2.45, 2.75) is 12.6 Å². The normalized spacial score (nSPS) is 15.2. The molecule has 0 aliphatic carbocycles. The topological polar surface area (TPSA) is 40.9 Å². The fraction of sp³-hybridized carbons (Fsp3) is 0.273. The molecule has 1 aliphatic heterocycles. The average Bonchev–Trinajstić information content (AvgIpc) is 3.33. The van der Waals surface area contributed by atoms with Gasteiger partial charge < -0.3 is 9.80 Å². The number of para-hydroxylation sites is 2. The maximum Gasteiger partial charge on any atom is 0.416 e. The molecule has 1 fully saturated rings. The van der Waals surface area contributed by atoms with Crippen molar-refractivity contribution in [1.82, 2.24) is 14.3 Å². The number of thiazole rings is 1. The van der Waals surface area contributed by atoms with E-state index in [9.17, 15) is 18.0 Å². The van der Waals surface area contributed by atoms with Crippen LogP contribution in [0, 0.1) is 0 Å². The van der Waals surface area contributed by atoms with E-state index >= 15 is 0 Å². The number of anilines is 1. The maximum absolute atomic E-state index is 13.0. The number of halogens is 3. The van der Waals surface area contributed by atoms with Crippen molar-refractivity contribution in [3.63, 3.8) is 0 Å². The zero-order valence-corrected chi connectivity index (χ0v) is 17.3. The van der Waals surface area contributed by atoms with Crippen LogP contribution in [0.15, 0.2) is 53.9 Å². The van der Waals surface area contributed by atoms with Crippen molar-refractivity contribution in [3.05, 3.63) is 65.2 Å². The summed E-state index contributed by atoms with van der Waals surface area (Å²) in [4.78, 5) is 22.1. The van der Waals surface area contributed by atoms with Crippen LogP contribution in [0.3, 0.4) is 0 Å². The highest BCUT2D eigenvalue weighted by Gasteiger charge is 2.31. The Balaban J connectivity index is 1.27. The van der Waals surface area contributed by atoms with Crippen molar-refractivity contribution < 1.29 is 18.0 Å². The molecule has 5 rings (SSSR count). The largest absolute Gasteiger partial charge is 0.416 e. The molecule has 0 spiro atoms. The van der Waals surface area contributed by atoms with Gasteiger partial charge in [-0.2, -0.15) is 13.2 Å². The number of hydrogen-bond acceptors (Lipinski definition) is 4. The number of benzene rings is 2. The smallest absolute Gasteiger partial charge is 0.368 e. The second-order valence-corrected chi connectivity index (χ2v) is 8.37. The molecule has 1 amide bonds. The number of alkyl halides is 3. The lowest BCUT2D eigenvalue weighted by Crippen LogP contribution is -2.49. The number of fused-ring (bicyclic) bond motifs is 3. The second-order valence-electron chi connectivity index (χ2n) is 7.54. The minimum absolute atomic E-state index is 0.0150. The third-order valence-electron chi connectivity index (χ3n) is 5.62. The van der Waals surface area contributed by atoms with E-state index in [1.54, 1.807) is 11.0 Å². The van der Waals surface area contributed by atoms with E-state index in [0.29, 0.717) is 31.9 Å². The Labute approximate surface area is 180 Å². The summed E-state index contributed by atoms with van der Waals surface area (Å²) in [5.41, 5.74) is 2.66. The van der Waals surface area contributed by atoms with Gasteiger partial charge in [-0.1, -0.05) is 18.2 Å². The molecular formula is C22H19F3N4OS. The van der Waals surface area contributed by atoms with Gasteiger partial charge in [0, 0.05) is 42.9 Å². The average molecular weight is 444 g/mol. The van der Waals surface area contributed by atoms with E-state index in [1.807, 2.05) is 38.9 Å². The molecule has 0 radical (unpaired) electrons. The lowest BCUT2D eigenvalue weighted by molar-refractivity contribution is -0.137. The lowest BCUT2D eigenvalue weighted by atomic mass is 10.1. The number of imidazole rings is 1. The minimum atomic E-state index is -4.36. The SMILES string of the molecule is O=C(Cc1csc2nc3ccccc3n12)N1CCN(c2cccc(C(F)(F)F)c2)CC1. The van der Waals surface area contributed by atoms with E-state index in [1.165, 1.54) is 23.5 Å². The zero-order valence-electron chi connectivity index (χ0n) is 16.5. The van der Waals surface area contributed by atoms with Crippen LogP contribution < -0.4 is 4.90 Å². The Morgan fingerprint density at radius 2 is 1.81 bits per heavy atom. The van der Waals surface area contributed by atoms with Gasteiger partial charge in [-0.15, -0.1) is 11.3 Å². The number of amides is 1. The molecule has 4 aromatic rings. The van der Waals surface area contributed by atoms with Crippen LogP contribution in [0.4, 0.5) is 18.9 Å². The molecule has 0 atom stereocenters. The molecule has 0 unspecified atom stereocenters. The van der Waals surface area contributed by atoms with Crippen molar-refractivity contribution in [1.29, 1.82) is 0 Å². The molecule has 1 saturated heterocycles. The molecule has 0 saturated carbocycles. The Morgan fingerprint density at radius 1 is 1.03 bits per heavy atom. The first-order chi connectivity index (χ1) is 14.9. The van der Waals surface area contributed by atoms with Crippen LogP contribution in [0.2, 0.25) is 0 Å². The first-order valence-electron chi connectivity index (χ1n) is 9.94. The third-order valence-corrected chi connectivity index (χ3v) is 6.50. The molecule has 31 heavy (non-hydrogen) atoms. The van der Waals surface area contributed by atoms with E-state index < -0.39 is 11.7 Å². The van der Waals surface area contributed by atoms with Crippen LogP contribution in [-0.4, -0.2) is 46.4 Å². The Hall–Kier alpha value is -3.07. The highest BCUT2D eigenvalue weighted by molar-refractivity contribution is 7.15. The molecule has 2 aromatic carbocycles. The summed E-state index contributed by atoms with van der Waals surface area (Å²) < 4.78 is 41.0. The van der Waals surface area contributed by atoms with Crippen LogP contribution >= 0.6 is 11.3 Å². The fourth-order valence-corrected chi connectivity index (χ4v) is 4.92. The van der Waals surface area contributed by atoms with E-state index in [4.69, 9.17) is 0 Å². The van der Waals surface area contributed by atoms with Crippen molar-refractivity contribution in [3.8, 4) is 0 Å². The van der Waals surface area contributed by atoms with Crippen LogP contribution in [0.25, 0.3) is 16.0 Å². The standard InChI is InChI=1S/C22H19F3N4OS/c23-22(24,25)15-4-3-5-16(12-15)27-8-10-28(11-9-27)20(30)13-17-14-31-21-26-18-6-1-2-7-19(18)29(17)21/h1-7,12,14H,8-11,13H2. The Morgan fingerprint density at radius 3 is 2.58 bits per heavy atom. The molecule has 9 heteroatoms. The summed E-state index contributed by atoms with van der Waals surface area (Å²) >= 11 is 1.51. The summed E-state index contributed by atoms with van der Waals surface area (Å²) in [6.45, 7) is 1.96. The zero-order chi connectivity index (χ0) is 21.6. The van der Waals surface area contributed by atoms with Crippen LogP contribution in [0.5, 0.6) is 0 Å². The number of aromatic nitrogens is 2.